The highest BCUT2D eigenvalue weighted by Gasteiger charge is 2.25. The molecule has 112 valence electrons. The van der Waals surface area contributed by atoms with E-state index >= 15 is 0 Å². The first-order valence-electron chi connectivity index (χ1n) is 7.31. The van der Waals surface area contributed by atoms with Crippen molar-refractivity contribution in [1.29, 1.82) is 0 Å². The van der Waals surface area contributed by atoms with Gasteiger partial charge in [-0.15, -0.1) is 0 Å². The van der Waals surface area contributed by atoms with Crippen molar-refractivity contribution in [1.82, 2.24) is 10.2 Å². The first-order valence-corrected chi connectivity index (χ1v) is 7.31. The highest BCUT2D eigenvalue weighted by atomic mass is 16.5. The van der Waals surface area contributed by atoms with E-state index in [0.717, 1.165) is 32.5 Å². The van der Waals surface area contributed by atoms with E-state index in [-0.39, 0.29) is 12.0 Å². The first-order chi connectivity index (χ1) is 9.19. The topological polar surface area (TPSA) is 50.8 Å². The van der Waals surface area contributed by atoms with Gasteiger partial charge in [0, 0.05) is 19.7 Å². The molecule has 0 bridgehead atoms. The van der Waals surface area contributed by atoms with E-state index in [1.807, 2.05) is 25.8 Å². The van der Waals surface area contributed by atoms with E-state index in [1.54, 1.807) is 0 Å². The number of likely N-dealkylation sites (tertiary alicyclic amines) is 1. The average Bonchev–Trinajstić information content (AvgIpc) is 2.44. The predicted octanol–water partition coefficient (Wildman–Crippen LogP) is 0.886. The van der Waals surface area contributed by atoms with E-state index in [1.165, 1.54) is 0 Å². The van der Waals surface area contributed by atoms with Crippen LogP contribution in [0, 0.1) is 5.92 Å². The summed E-state index contributed by atoms with van der Waals surface area (Å²) in [6.45, 7) is 8.25. The van der Waals surface area contributed by atoms with Crippen molar-refractivity contribution in [2.24, 2.45) is 5.92 Å². The molecule has 1 amide bonds. The van der Waals surface area contributed by atoms with Crippen LogP contribution in [0.5, 0.6) is 0 Å². The van der Waals surface area contributed by atoms with Crippen LogP contribution in [0.2, 0.25) is 0 Å². The van der Waals surface area contributed by atoms with E-state index in [4.69, 9.17) is 9.47 Å². The monoisotopic (exact) mass is 272 g/mol. The van der Waals surface area contributed by atoms with Crippen molar-refractivity contribution in [3.63, 3.8) is 0 Å². The normalized spacial score (nSPS) is 18.6. The van der Waals surface area contributed by atoms with Crippen molar-refractivity contribution < 1.29 is 14.3 Å². The van der Waals surface area contributed by atoms with E-state index < -0.39 is 0 Å². The minimum atomic E-state index is -0.360. The number of nitrogens with zero attached hydrogens (tertiary/aromatic N) is 1. The molecule has 0 aliphatic carbocycles. The lowest BCUT2D eigenvalue weighted by Gasteiger charge is -2.33. The van der Waals surface area contributed by atoms with E-state index in [9.17, 15) is 4.79 Å². The zero-order valence-corrected chi connectivity index (χ0v) is 12.5. The maximum Gasteiger partial charge on any atom is 0.251 e. The third-order valence-corrected chi connectivity index (χ3v) is 3.57. The smallest absolute Gasteiger partial charge is 0.251 e. The molecule has 0 aromatic heterocycles. The Morgan fingerprint density at radius 3 is 2.63 bits per heavy atom. The molecule has 0 aromatic carbocycles. The third kappa shape index (κ3) is 5.89. The van der Waals surface area contributed by atoms with Crippen LogP contribution >= 0.6 is 0 Å². The van der Waals surface area contributed by atoms with Crippen molar-refractivity contribution >= 4 is 5.91 Å². The van der Waals surface area contributed by atoms with E-state index in [2.05, 4.69) is 5.32 Å². The lowest BCUT2D eigenvalue weighted by molar-refractivity contribution is -0.144. The quantitative estimate of drug-likeness (QED) is 0.667. The zero-order valence-electron chi connectivity index (χ0n) is 12.5. The number of carbonyl (C=O) groups is 1. The molecule has 0 saturated carbocycles. The summed E-state index contributed by atoms with van der Waals surface area (Å²) in [6.07, 6.45) is 1.80. The van der Waals surface area contributed by atoms with Crippen molar-refractivity contribution in [2.45, 2.75) is 32.8 Å². The molecule has 1 rings (SSSR count). The third-order valence-electron chi connectivity index (χ3n) is 3.57. The standard InChI is InChI=1S/C14H28N2O3/c1-4-18-9-10-19-12(2)14(17)16-7-5-13(6-8-16)11-15-3/h12-13,15H,4-11H2,1-3H3. The van der Waals surface area contributed by atoms with Gasteiger partial charge in [0.05, 0.1) is 13.2 Å². The maximum atomic E-state index is 12.2. The second-order valence-corrected chi connectivity index (χ2v) is 5.04. The first kappa shape index (κ1) is 16.4. The molecule has 0 spiro atoms. The molecule has 1 atom stereocenters. The molecule has 1 unspecified atom stereocenters. The number of ether oxygens (including phenoxy) is 2. The SMILES string of the molecule is CCOCCOC(C)C(=O)N1CCC(CNC)CC1. The lowest BCUT2D eigenvalue weighted by atomic mass is 9.96. The molecule has 1 aliphatic heterocycles. The second-order valence-electron chi connectivity index (χ2n) is 5.04. The molecule has 0 radical (unpaired) electrons. The van der Waals surface area contributed by atoms with Gasteiger partial charge in [-0.2, -0.15) is 0 Å². The molecule has 5 nitrogen and oxygen atoms in total. The van der Waals surface area contributed by atoms with Gasteiger partial charge in [0.1, 0.15) is 6.10 Å². The number of hydrogen-bond acceptors (Lipinski definition) is 4. The van der Waals surface area contributed by atoms with Crippen molar-refractivity contribution in [2.75, 3.05) is 46.5 Å². The number of piperidine rings is 1. The molecular formula is C14H28N2O3. The summed E-state index contributed by atoms with van der Waals surface area (Å²) in [5, 5.41) is 3.20. The number of amides is 1. The van der Waals surface area contributed by atoms with Gasteiger partial charge in [0.25, 0.3) is 5.91 Å². The van der Waals surface area contributed by atoms with Crippen LogP contribution in [0.1, 0.15) is 26.7 Å². The molecule has 0 aromatic rings. The molecule has 1 fully saturated rings. The Labute approximate surface area is 116 Å². The number of nitrogens with one attached hydrogen (secondary N) is 1. The Hall–Kier alpha value is -0.650. The average molecular weight is 272 g/mol. The Bertz CT molecular complexity index is 253. The van der Waals surface area contributed by atoms with Gasteiger partial charge < -0.3 is 19.7 Å². The molecule has 1 saturated heterocycles. The second kappa shape index (κ2) is 9.28. The fourth-order valence-electron chi connectivity index (χ4n) is 2.40. The van der Waals surface area contributed by atoms with Crippen LogP contribution in [0.4, 0.5) is 0 Å². The number of hydrogen-bond donors (Lipinski definition) is 1. The van der Waals surface area contributed by atoms with Gasteiger partial charge in [0.15, 0.2) is 0 Å². The molecule has 1 heterocycles. The molecular weight excluding hydrogens is 244 g/mol. The van der Waals surface area contributed by atoms with Gasteiger partial charge in [-0.05, 0) is 46.2 Å². The van der Waals surface area contributed by atoms with Crippen molar-refractivity contribution in [3.8, 4) is 0 Å². The van der Waals surface area contributed by atoms with Crippen LogP contribution in [-0.4, -0.2) is 63.4 Å². The fourth-order valence-corrected chi connectivity index (χ4v) is 2.40. The summed E-state index contributed by atoms with van der Waals surface area (Å²) in [5.41, 5.74) is 0. The number of carbonyl (C=O) groups excluding carboxylic acids is 1. The summed E-state index contributed by atoms with van der Waals surface area (Å²) in [6, 6.07) is 0. The van der Waals surface area contributed by atoms with Crippen LogP contribution in [0.15, 0.2) is 0 Å². The van der Waals surface area contributed by atoms with Crippen LogP contribution in [0.3, 0.4) is 0 Å². The summed E-state index contributed by atoms with van der Waals surface area (Å²) < 4.78 is 10.7. The maximum absolute atomic E-state index is 12.2. The van der Waals surface area contributed by atoms with Gasteiger partial charge in [0.2, 0.25) is 0 Å². The van der Waals surface area contributed by atoms with Crippen LogP contribution in [0.25, 0.3) is 0 Å². The van der Waals surface area contributed by atoms with Crippen LogP contribution < -0.4 is 5.32 Å². The highest BCUT2D eigenvalue weighted by Crippen LogP contribution is 2.17. The highest BCUT2D eigenvalue weighted by molar-refractivity contribution is 5.80. The zero-order chi connectivity index (χ0) is 14.1. The van der Waals surface area contributed by atoms with Gasteiger partial charge in [-0.3, -0.25) is 4.79 Å². The van der Waals surface area contributed by atoms with E-state index in [0.29, 0.717) is 25.7 Å². The minimum absolute atomic E-state index is 0.111. The molecule has 1 N–H and O–H groups in total. The number of rotatable bonds is 8. The van der Waals surface area contributed by atoms with Crippen molar-refractivity contribution in [3.05, 3.63) is 0 Å². The Morgan fingerprint density at radius 2 is 2.05 bits per heavy atom. The molecule has 19 heavy (non-hydrogen) atoms. The summed E-state index contributed by atoms with van der Waals surface area (Å²) >= 11 is 0. The van der Waals surface area contributed by atoms with Gasteiger partial charge in [-0.25, -0.2) is 0 Å². The summed E-state index contributed by atoms with van der Waals surface area (Å²) in [4.78, 5) is 14.1. The minimum Gasteiger partial charge on any atom is -0.379 e. The Kier molecular flexibility index (Phi) is 8.02. The lowest BCUT2D eigenvalue weighted by Crippen LogP contribution is -2.45. The van der Waals surface area contributed by atoms with Gasteiger partial charge in [-0.1, -0.05) is 0 Å². The molecule has 1 aliphatic rings. The summed E-state index contributed by atoms with van der Waals surface area (Å²) in [5.74, 6) is 0.808. The fraction of sp³-hybridized carbons (Fsp3) is 0.929. The van der Waals surface area contributed by atoms with Crippen LogP contribution in [-0.2, 0) is 14.3 Å². The Morgan fingerprint density at radius 1 is 1.37 bits per heavy atom. The summed E-state index contributed by atoms with van der Waals surface area (Å²) in [7, 11) is 1.98. The Balaban J connectivity index is 2.22. The van der Waals surface area contributed by atoms with Gasteiger partial charge >= 0.3 is 0 Å². The largest absolute Gasteiger partial charge is 0.379 e. The molecule has 5 heteroatoms. The predicted molar refractivity (Wildman–Crippen MR) is 75.1 cm³/mol.